The molecule has 0 aromatic carbocycles. The molecule has 1 heterocycles. The summed E-state index contributed by atoms with van der Waals surface area (Å²) in [5.74, 6) is -1.79. The van der Waals surface area contributed by atoms with Gasteiger partial charge in [0.25, 0.3) is 11.1 Å². The molecule has 1 fully saturated rings. The van der Waals surface area contributed by atoms with Crippen molar-refractivity contribution in [1.29, 1.82) is 0 Å². The maximum absolute atomic E-state index is 11.0. The molecule has 12 heavy (non-hydrogen) atoms. The summed E-state index contributed by atoms with van der Waals surface area (Å²) in [7, 11) is 1.31. The van der Waals surface area contributed by atoms with Crippen molar-refractivity contribution in [1.82, 2.24) is 4.90 Å². The molecular formula is C6H5NO4S. The lowest BCUT2D eigenvalue weighted by Gasteiger charge is -2.00. The van der Waals surface area contributed by atoms with Crippen LogP contribution in [0.1, 0.15) is 0 Å². The first-order valence-corrected chi connectivity index (χ1v) is 3.78. The number of carboxylic acids is 1. The fourth-order valence-corrected chi connectivity index (χ4v) is 1.45. The molecule has 0 spiro atoms. The lowest BCUT2D eigenvalue weighted by atomic mass is 10.4. The number of rotatable bonds is 1. The third-order valence-electron chi connectivity index (χ3n) is 1.24. The van der Waals surface area contributed by atoms with Gasteiger partial charge >= 0.3 is 5.97 Å². The van der Waals surface area contributed by atoms with E-state index in [1.165, 1.54) is 7.05 Å². The van der Waals surface area contributed by atoms with Crippen LogP contribution in [0.2, 0.25) is 0 Å². The Morgan fingerprint density at radius 2 is 2.17 bits per heavy atom. The Hall–Kier alpha value is -1.30. The normalized spacial score (nSPS) is 20.8. The summed E-state index contributed by atoms with van der Waals surface area (Å²) in [5, 5.41) is 7.84. The van der Waals surface area contributed by atoms with Gasteiger partial charge in [-0.1, -0.05) is 0 Å². The maximum atomic E-state index is 11.0. The molecule has 0 unspecified atom stereocenters. The predicted molar refractivity (Wildman–Crippen MR) is 41.5 cm³/mol. The number of thioether (sulfide) groups is 1. The second kappa shape index (κ2) is 2.98. The second-order valence-electron chi connectivity index (χ2n) is 2.08. The summed E-state index contributed by atoms with van der Waals surface area (Å²) in [6, 6.07) is 0. The van der Waals surface area contributed by atoms with Gasteiger partial charge in [-0.15, -0.1) is 0 Å². The van der Waals surface area contributed by atoms with Gasteiger partial charge in [0, 0.05) is 13.1 Å². The highest BCUT2D eigenvalue weighted by atomic mass is 32.2. The highest BCUT2D eigenvalue weighted by Crippen LogP contribution is 2.28. The fourth-order valence-electron chi connectivity index (χ4n) is 0.658. The summed E-state index contributed by atoms with van der Waals surface area (Å²) in [6.07, 6.45) is 0.731. The Balaban J connectivity index is 2.92. The number of carboxylic acid groups (broad SMARTS) is 1. The summed E-state index contributed by atoms with van der Waals surface area (Å²) in [4.78, 5) is 32.8. The van der Waals surface area contributed by atoms with E-state index < -0.39 is 17.1 Å². The van der Waals surface area contributed by atoms with E-state index in [1.54, 1.807) is 0 Å². The predicted octanol–water partition coefficient (Wildman–Crippen LogP) is 0.280. The second-order valence-corrected chi connectivity index (χ2v) is 3.07. The molecule has 0 aromatic rings. The largest absolute Gasteiger partial charge is 0.478 e. The molecule has 6 heteroatoms. The van der Waals surface area contributed by atoms with Gasteiger partial charge in [-0.25, -0.2) is 4.79 Å². The number of hydrogen-bond donors (Lipinski definition) is 1. The minimum absolute atomic E-state index is 0.0463. The third-order valence-corrected chi connectivity index (χ3v) is 2.20. The molecular weight excluding hydrogens is 182 g/mol. The summed E-state index contributed by atoms with van der Waals surface area (Å²) in [5.41, 5.74) is 0. The minimum atomic E-state index is -1.23. The number of aliphatic carboxylic acids is 1. The Morgan fingerprint density at radius 3 is 2.50 bits per heavy atom. The van der Waals surface area contributed by atoms with Gasteiger partial charge < -0.3 is 5.11 Å². The molecule has 1 aliphatic rings. The lowest BCUT2D eigenvalue weighted by Crippen LogP contribution is -2.22. The molecule has 1 saturated heterocycles. The number of amides is 2. The zero-order chi connectivity index (χ0) is 9.30. The Bertz CT molecular complexity index is 296. The van der Waals surface area contributed by atoms with Crippen molar-refractivity contribution >= 4 is 28.9 Å². The van der Waals surface area contributed by atoms with Crippen molar-refractivity contribution in [2.24, 2.45) is 0 Å². The fraction of sp³-hybridized carbons (Fsp3) is 0.167. The number of carbonyl (C=O) groups is 3. The molecule has 64 valence electrons. The van der Waals surface area contributed by atoms with Gasteiger partial charge in [0.2, 0.25) is 0 Å². The van der Waals surface area contributed by atoms with Crippen LogP contribution in [-0.2, 0) is 9.59 Å². The van der Waals surface area contributed by atoms with E-state index in [4.69, 9.17) is 5.11 Å². The Labute approximate surface area is 72.0 Å². The van der Waals surface area contributed by atoms with Crippen molar-refractivity contribution in [3.8, 4) is 0 Å². The highest BCUT2D eigenvalue weighted by Gasteiger charge is 2.32. The number of nitrogens with zero attached hydrogens (tertiary/aromatic N) is 1. The molecule has 1 N–H and O–H groups in total. The Kier molecular flexibility index (Phi) is 2.18. The SMILES string of the molecule is CN1C(=O)SC(=CC(=O)O)C1=O. The Morgan fingerprint density at radius 1 is 1.58 bits per heavy atom. The number of hydrogen-bond acceptors (Lipinski definition) is 4. The van der Waals surface area contributed by atoms with Crippen molar-refractivity contribution in [3.63, 3.8) is 0 Å². The van der Waals surface area contributed by atoms with E-state index in [1.807, 2.05) is 0 Å². The van der Waals surface area contributed by atoms with Crippen molar-refractivity contribution in [2.45, 2.75) is 0 Å². The molecule has 0 radical (unpaired) electrons. The minimum Gasteiger partial charge on any atom is -0.478 e. The van der Waals surface area contributed by atoms with Crippen LogP contribution in [0.4, 0.5) is 4.79 Å². The van der Waals surface area contributed by atoms with Crippen LogP contribution in [-0.4, -0.2) is 34.2 Å². The van der Waals surface area contributed by atoms with E-state index in [0.29, 0.717) is 11.8 Å². The van der Waals surface area contributed by atoms with Crippen LogP contribution >= 0.6 is 11.8 Å². The van der Waals surface area contributed by atoms with Crippen LogP contribution in [0.15, 0.2) is 11.0 Å². The molecule has 0 aromatic heterocycles. The van der Waals surface area contributed by atoms with Gasteiger partial charge in [-0.05, 0) is 11.8 Å². The smallest absolute Gasteiger partial charge is 0.329 e. The quantitative estimate of drug-likeness (QED) is 0.597. The highest BCUT2D eigenvalue weighted by molar-refractivity contribution is 8.18. The number of likely N-dealkylation sites (N-methyl/N-ethyl adjacent to an activating group) is 1. The topological polar surface area (TPSA) is 74.7 Å². The van der Waals surface area contributed by atoms with Gasteiger partial charge in [-0.2, -0.15) is 0 Å². The van der Waals surface area contributed by atoms with E-state index in [0.717, 1.165) is 11.0 Å². The standard InChI is InChI=1S/C6H5NO4S/c1-7-5(10)3(2-4(8)9)12-6(7)11/h2H,1H3,(H,8,9). The van der Waals surface area contributed by atoms with Crippen molar-refractivity contribution in [2.75, 3.05) is 7.05 Å². The van der Waals surface area contributed by atoms with Gasteiger partial charge in [0.15, 0.2) is 0 Å². The van der Waals surface area contributed by atoms with Crippen LogP contribution in [0, 0.1) is 0 Å². The van der Waals surface area contributed by atoms with Gasteiger partial charge in [-0.3, -0.25) is 14.5 Å². The van der Waals surface area contributed by atoms with E-state index in [-0.39, 0.29) is 4.91 Å². The van der Waals surface area contributed by atoms with Crippen LogP contribution in [0.3, 0.4) is 0 Å². The summed E-state index contributed by atoms with van der Waals surface area (Å²) >= 11 is 0.628. The lowest BCUT2D eigenvalue weighted by molar-refractivity contribution is -0.132. The average molecular weight is 187 g/mol. The van der Waals surface area contributed by atoms with Gasteiger partial charge in [0.05, 0.1) is 4.91 Å². The van der Waals surface area contributed by atoms with Crippen molar-refractivity contribution in [3.05, 3.63) is 11.0 Å². The molecule has 0 atom stereocenters. The summed E-state index contributed by atoms with van der Waals surface area (Å²) in [6.45, 7) is 0. The van der Waals surface area contributed by atoms with Crippen LogP contribution in [0.25, 0.3) is 0 Å². The first-order chi connectivity index (χ1) is 5.52. The monoisotopic (exact) mass is 187 g/mol. The number of imide groups is 1. The first-order valence-electron chi connectivity index (χ1n) is 2.97. The molecule has 1 aliphatic heterocycles. The summed E-state index contributed by atoms with van der Waals surface area (Å²) < 4.78 is 0. The molecule has 1 rings (SSSR count). The maximum Gasteiger partial charge on any atom is 0.329 e. The van der Waals surface area contributed by atoms with Crippen molar-refractivity contribution < 1.29 is 19.5 Å². The van der Waals surface area contributed by atoms with E-state index >= 15 is 0 Å². The molecule has 0 bridgehead atoms. The van der Waals surface area contributed by atoms with E-state index in [9.17, 15) is 14.4 Å². The van der Waals surface area contributed by atoms with Crippen LogP contribution in [0.5, 0.6) is 0 Å². The van der Waals surface area contributed by atoms with Crippen LogP contribution < -0.4 is 0 Å². The zero-order valence-corrected chi connectivity index (χ0v) is 6.92. The molecule has 5 nitrogen and oxygen atoms in total. The zero-order valence-electron chi connectivity index (χ0n) is 6.10. The number of carbonyl (C=O) groups excluding carboxylic acids is 2. The molecule has 2 amide bonds. The first kappa shape index (κ1) is 8.79. The molecule has 0 aliphatic carbocycles. The average Bonchev–Trinajstić information content (AvgIpc) is 2.17. The van der Waals surface area contributed by atoms with E-state index in [2.05, 4.69) is 0 Å². The van der Waals surface area contributed by atoms with Gasteiger partial charge in [0.1, 0.15) is 0 Å². The molecule has 0 saturated carbocycles. The third kappa shape index (κ3) is 1.48.